The fourth-order valence-corrected chi connectivity index (χ4v) is 3.15. The molecule has 3 aromatic heterocycles. The quantitative estimate of drug-likeness (QED) is 0.608. The van der Waals surface area contributed by atoms with Crippen LogP contribution in [0.3, 0.4) is 0 Å². The molecule has 0 aliphatic carbocycles. The van der Waals surface area contributed by atoms with Crippen molar-refractivity contribution >= 4 is 29.5 Å². The van der Waals surface area contributed by atoms with Crippen LogP contribution in [0.25, 0.3) is 21.8 Å². The average molecular weight is 422 g/mol. The van der Waals surface area contributed by atoms with Gasteiger partial charge < -0.3 is 5.32 Å². The topological polar surface area (TPSA) is 110 Å². The third kappa shape index (κ3) is 4.71. The first kappa shape index (κ1) is 20.3. The molecular weight excluding hydrogens is 409 g/mol. The number of hydrogen-bond donors (Lipinski definition) is 2. The monoisotopic (exact) mass is 422 g/mol. The molecule has 12 heteroatoms. The molecule has 2 amide bonds. The second-order valence-electron chi connectivity index (χ2n) is 5.58. The van der Waals surface area contributed by atoms with E-state index in [2.05, 4.69) is 30.6 Å². The Hall–Kier alpha value is -3.41. The molecule has 8 nitrogen and oxygen atoms in total. The lowest BCUT2D eigenvalue weighted by Gasteiger charge is -2.10. The van der Waals surface area contributed by atoms with Gasteiger partial charge in [0.15, 0.2) is 12.0 Å². The number of carbonyl (C=O) groups is 2. The molecule has 0 atom stereocenters. The first-order valence-electron chi connectivity index (χ1n) is 8.17. The summed E-state index contributed by atoms with van der Waals surface area (Å²) >= 11 is 0.792. The summed E-state index contributed by atoms with van der Waals surface area (Å²) in [5, 5.41) is 5.99. The van der Waals surface area contributed by atoms with E-state index >= 15 is 0 Å². The largest absolute Gasteiger partial charge is 0.434 e. The molecule has 2 N–H and O–H groups in total. The van der Waals surface area contributed by atoms with E-state index < -0.39 is 17.9 Å². The van der Waals surface area contributed by atoms with Crippen molar-refractivity contribution in [2.24, 2.45) is 0 Å². The van der Waals surface area contributed by atoms with Crippen LogP contribution in [-0.2, 0) is 6.18 Å². The van der Waals surface area contributed by atoms with E-state index in [1.165, 1.54) is 24.7 Å². The molecule has 0 aliphatic rings. The third-order valence-electron chi connectivity index (χ3n) is 3.58. The molecular formula is C17H13F3N6O2S. The fourth-order valence-electron chi connectivity index (χ4n) is 2.29. The van der Waals surface area contributed by atoms with Crippen molar-refractivity contribution in [2.45, 2.75) is 13.1 Å². The number of anilines is 1. The van der Waals surface area contributed by atoms with Gasteiger partial charge >= 0.3 is 12.2 Å². The van der Waals surface area contributed by atoms with Gasteiger partial charge in [0.2, 0.25) is 0 Å². The van der Waals surface area contributed by atoms with Crippen LogP contribution in [0.4, 0.5) is 23.8 Å². The molecule has 0 aliphatic heterocycles. The van der Waals surface area contributed by atoms with Crippen molar-refractivity contribution in [3.8, 4) is 21.8 Å². The first-order chi connectivity index (χ1) is 13.8. The number of carbonyl (C=O) groups excluding carboxylic acids is 2. The molecule has 0 fully saturated rings. The van der Waals surface area contributed by atoms with Crippen LogP contribution in [0, 0.1) is 0 Å². The Morgan fingerprint density at radius 2 is 1.97 bits per heavy atom. The van der Waals surface area contributed by atoms with Gasteiger partial charge in [-0.15, -0.1) is 11.3 Å². The Balaban J connectivity index is 2.08. The number of nitrogens with zero attached hydrogens (tertiary/aromatic N) is 4. The summed E-state index contributed by atoms with van der Waals surface area (Å²) < 4.78 is 38.9. The number of amides is 2. The highest BCUT2D eigenvalue weighted by molar-refractivity contribution is 7.13. The second-order valence-corrected chi connectivity index (χ2v) is 6.44. The standard InChI is InChI=1S/C17H13F3N6O2S/c1-2-21-16(28)26-14-3-10(15-25-13(8-29-15)17(18,19)20)11(5-24-14)12-6-22-9(7-27)4-23-12/h3-8H,2H2,1H3,(H2,21,24,26,28). The van der Waals surface area contributed by atoms with E-state index in [4.69, 9.17) is 0 Å². The second kappa shape index (κ2) is 8.31. The molecule has 3 heterocycles. The molecule has 3 aromatic rings. The van der Waals surface area contributed by atoms with Crippen LogP contribution in [0.1, 0.15) is 23.1 Å². The number of halogens is 3. The summed E-state index contributed by atoms with van der Waals surface area (Å²) in [7, 11) is 0. The maximum absolute atomic E-state index is 13.0. The number of thiazole rings is 1. The van der Waals surface area contributed by atoms with Gasteiger partial charge in [0.05, 0.1) is 18.1 Å². The van der Waals surface area contributed by atoms with Gasteiger partial charge in [0.25, 0.3) is 0 Å². The lowest BCUT2D eigenvalue weighted by molar-refractivity contribution is -0.140. The minimum atomic E-state index is -4.59. The van der Waals surface area contributed by atoms with Crippen molar-refractivity contribution in [2.75, 3.05) is 11.9 Å². The Kier molecular flexibility index (Phi) is 5.82. The van der Waals surface area contributed by atoms with Gasteiger partial charge in [-0.25, -0.2) is 19.7 Å². The zero-order chi connectivity index (χ0) is 21.0. The minimum Gasteiger partial charge on any atom is -0.338 e. The lowest BCUT2D eigenvalue weighted by atomic mass is 10.1. The van der Waals surface area contributed by atoms with Gasteiger partial charge in [-0.3, -0.25) is 15.1 Å². The summed E-state index contributed by atoms with van der Waals surface area (Å²) in [6.07, 6.45) is -0.188. The van der Waals surface area contributed by atoms with Gasteiger partial charge in [-0.05, 0) is 13.0 Å². The Bertz CT molecular complexity index is 1040. The van der Waals surface area contributed by atoms with Crippen LogP contribution in [0.2, 0.25) is 0 Å². The van der Waals surface area contributed by atoms with Crippen LogP contribution >= 0.6 is 11.3 Å². The summed E-state index contributed by atoms with van der Waals surface area (Å²) in [4.78, 5) is 38.3. The van der Waals surface area contributed by atoms with Gasteiger partial charge in [0, 0.05) is 29.2 Å². The van der Waals surface area contributed by atoms with Crippen molar-refractivity contribution in [3.63, 3.8) is 0 Å². The lowest BCUT2D eigenvalue weighted by Crippen LogP contribution is -2.28. The number of pyridine rings is 1. The first-order valence-corrected chi connectivity index (χ1v) is 9.05. The van der Waals surface area contributed by atoms with Gasteiger partial charge in [0.1, 0.15) is 16.5 Å². The highest BCUT2D eigenvalue weighted by Crippen LogP contribution is 2.37. The molecule has 0 spiro atoms. The summed E-state index contributed by atoms with van der Waals surface area (Å²) in [5.41, 5.74) is -0.0152. The molecule has 3 rings (SSSR count). The van der Waals surface area contributed by atoms with E-state index in [9.17, 15) is 22.8 Å². The normalized spacial score (nSPS) is 11.2. The predicted octanol–water partition coefficient (Wildman–Crippen LogP) is 3.63. The number of aldehydes is 1. The molecule has 150 valence electrons. The molecule has 0 aromatic carbocycles. The van der Waals surface area contributed by atoms with Gasteiger partial charge in [-0.1, -0.05) is 0 Å². The highest BCUT2D eigenvalue weighted by atomic mass is 32.1. The molecule has 0 unspecified atom stereocenters. The molecule has 0 saturated heterocycles. The Morgan fingerprint density at radius 3 is 2.55 bits per heavy atom. The number of alkyl halides is 3. The number of urea groups is 1. The zero-order valence-electron chi connectivity index (χ0n) is 14.8. The van der Waals surface area contributed by atoms with E-state index in [0.29, 0.717) is 18.4 Å². The maximum Gasteiger partial charge on any atom is 0.434 e. The summed E-state index contributed by atoms with van der Waals surface area (Å²) in [6.45, 7) is 2.12. The van der Waals surface area contributed by atoms with E-state index in [1.54, 1.807) is 6.92 Å². The molecule has 0 bridgehead atoms. The van der Waals surface area contributed by atoms with Crippen LogP contribution in [-0.4, -0.2) is 38.8 Å². The Morgan fingerprint density at radius 1 is 1.17 bits per heavy atom. The van der Waals surface area contributed by atoms with Crippen LogP contribution < -0.4 is 10.6 Å². The van der Waals surface area contributed by atoms with E-state index in [0.717, 1.165) is 16.7 Å². The number of hydrogen-bond acceptors (Lipinski definition) is 7. The van der Waals surface area contributed by atoms with Crippen molar-refractivity contribution in [1.82, 2.24) is 25.3 Å². The Labute approximate surface area is 166 Å². The minimum absolute atomic E-state index is 0.0648. The van der Waals surface area contributed by atoms with Crippen molar-refractivity contribution in [3.05, 3.63) is 41.4 Å². The van der Waals surface area contributed by atoms with Crippen molar-refractivity contribution < 1.29 is 22.8 Å². The highest BCUT2D eigenvalue weighted by Gasteiger charge is 2.34. The number of nitrogens with one attached hydrogen (secondary N) is 2. The number of aromatic nitrogens is 4. The molecule has 0 saturated carbocycles. The van der Waals surface area contributed by atoms with Gasteiger partial charge in [-0.2, -0.15) is 13.2 Å². The SMILES string of the molecule is CCNC(=O)Nc1cc(-c2nc(C(F)(F)F)cs2)c(-c2cnc(C=O)cn2)cn1. The maximum atomic E-state index is 13.0. The fraction of sp³-hybridized carbons (Fsp3) is 0.176. The summed E-state index contributed by atoms with van der Waals surface area (Å²) in [5.74, 6) is 0.121. The number of rotatable bonds is 5. The van der Waals surface area contributed by atoms with Crippen molar-refractivity contribution in [1.29, 1.82) is 0 Å². The van der Waals surface area contributed by atoms with E-state index in [1.807, 2.05) is 0 Å². The predicted molar refractivity (Wildman–Crippen MR) is 99.5 cm³/mol. The summed E-state index contributed by atoms with van der Waals surface area (Å²) in [6, 6.07) is 0.891. The van der Waals surface area contributed by atoms with Crippen LogP contribution in [0.15, 0.2) is 30.0 Å². The zero-order valence-corrected chi connectivity index (χ0v) is 15.6. The molecule has 29 heavy (non-hydrogen) atoms. The molecule has 0 radical (unpaired) electrons. The third-order valence-corrected chi connectivity index (χ3v) is 4.45. The smallest absolute Gasteiger partial charge is 0.338 e. The van der Waals surface area contributed by atoms with Crippen LogP contribution in [0.5, 0.6) is 0 Å². The average Bonchev–Trinajstić information content (AvgIpc) is 3.19. The van der Waals surface area contributed by atoms with E-state index in [-0.39, 0.29) is 27.8 Å².